The van der Waals surface area contributed by atoms with Crippen LogP contribution in [0.25, 0.3) is 5.76 Å². The Labute approximate surface area is 628 Å². The molecule has 3 amide bonds. The molecular weight excluding hydrogens is 1550 g/mol. The summed E-state index contributed by atoms with van der Waals surface area (Å²) in [6, 6.07) is 17.8. The minimum atomic E-state index is -1.28. The number of carboxylic acids is 1. The molecule has 0 unspecified atom stereocenters. The second-order valence-corrected chi connectivity index (χ2v) is 19.8. The number of nitrogens with zero attached hydrogens (tertiary/aromatic N) is 5. The Morgan fingerprint density at radius 3 is 1.31 bits per heavy atom. The summed E-state index contributed by atoms with van der Waals surface area (Å²) in [7, 11) is 0. The molecule has 2 heterocycles. The normalized spacial score (nSPS) is 10.8. The van der Waals surface area contributed by atoms with Crippen molar-refractivity contribution in [1.29, 1.82) is 0 Å². The van der Waals surface area contributed by atoms with Crippen molar-refractivity contribution >= 4 is 151 Å². The first-order valence-electron chi connectivity index (χ1n) is 29.7. The number of benzene rings is 5. The number of nitrogens with two attached hydrogens (primary N) is 2. The fourth-order valence-corrected chi connectivity index (χ4v) is 7.71. The van der Waals surface area contributed by atoms with Gasteiger partial charge in [-0.3, -0.25) is 84.1 Å². The maximum Gasteiger partial charge on any atom is 0.340 e. The molecule has 0 aliphatic carbocycles. The molecule has 0 radical (unpaired) electrons. The number of esters is 5. The maximum absolute atomic E-state index is 11.9. The molecule has 0 atom stereocenters. The molecule has 106 heavy (non-hydrogen) atoms. The molecule has 5 aromatic rings. The number of halogens is 2. The first-order chi connectivity index (χ1) is 48.0. The summed E-state index contributed by atoms with van der Waals surface area (Å²) in [5.41, 5.74) is 10.0. The third-order valence-electron chi connectivity index (χ3n) is 12.2. The number of non-ortho nitro benzene ring substituents is 5. The minimum Gasteiger partial charge on any atom is -0.507 e. The van der Waals surface area contributed by atoms with Gasteiger partial charge in [0.2, 0.25) is 23.0 Å². The molecule has 0 aromatic heterocycles. The van der Waals surface area contributed by atoms with Crippen LogP contribution in [0.2, 0.25) is 0 Å². The number of ketones is 1. The third kappa shape index (κ3) is 35.3. The number of hydrogen-bond acceptors (Lipinski definition) is 30. The quantitative estimate of drug-likeness (QED) is 0.00494. The standard InChI is InChI=1S/C15H18N2O7.C13H12N2O6.C10H8N2O4.C9H10N2O4.C7H6N2O4.C6H9ClO3.C2H6O.CH4.CH3.ClH.Pd/c1-3-23-14(19)8-7-13(18)16-12-6-5-10(17(21)22)9-11(12)15(20)24-4-2;1-2-21-13(18)9-6-11(16)14-10-4-3-7(15(19)20)5-8(10)12(9)17;13-9-3-4-10(14)11-8-2-1-6(12(15)16)5-7(8)9;1-2-15-9(12)7-5-6(11(13)14)3-4-8(7)10;8-6-2-1-4(9(12)13)3-5(6)7(10)11;1-2-10-6(9)4-3-5(7)8;1-2-3;;;;/h5-6,9H,3-4,7-8H2,1-2H3,(H,16,18);3-5,17H,2,6H2,1H3,(H,14,16);1-2,5H,3-4H2,(H,11,14);3-5H,2,10H2,1H3;1-3H,8H2,(H,10,11);2-4H2,1H3;3H,2H2,1H3;1H4;1H3;1H;/q;;;;;;;;-1;;. The molecule has 7 rings (SSSR count). The van der Waals surface area contributed by atoms with E-state index < -0.39 is 77.3 Å². The van der Waals surface area contributed by atoms with Crippen LogP contribution in [0.4, 0.5) is 56.9 Å². The zero-order valence-corrected chi connectivity index (χ0v) is 59.9. The van der Waals surface area contributed by atoms with Gasteiger partial charge in [-0.15, -0.1) is 12.4 Å². The van der Waals surface area contributed by atoms with Crippen LogP contribution in [-0.4, -0.2) is 144 Å². The number of amides is 3. The van der Waals surface area contributed by atoms with Crippen molar-refractivity contribution in [1.82, 2.24) is 0 Å². The van der Waals surface area contributed by atoms with Crippen LogP contribution in [-0.2, 0) is 77.7 Å². The van der Waals surface area contributed by atoms with E-state index >= 15 is 0 Å². The number of rotatable bonds is 21. The number of nitro benzene ring substituents is 5. The van der Waals surface area contributed by atoms with Gasteiger partial charge in [0.25, 0.3) is 28.4 Å². The Morgan fingerprint density at radius 1 is 0.519 bits per heavy atom. The number of anilines is 5. The van der Waals surface area contributed by atoms with Crippen molar-refractivity contribution in [3.63, 3.8) is 0 Å². The molecule has 0 spiro atoms. The number of aromatic carboxylic acids is 1. The minimum absolute atomic E-state index is 0. The second kappa shape index (κ2) is 52.0. The second-order valence-electron chi connectivity index (χ2n) is 19.3. The van der Waals surface area contributed by atoms with Crippen LogP contribution in [0.15, 0.2) is 96.6 Å². The molecule has 2 aliphatic rings. The summed E-state index contributed by atoms with van der Waals surface area (Å²) in [4.78, 5) is 174. The summed E-state index contributed by atoms with van der Waals surface area (Å²) in [6.07, 6.45) is -0.287. The molecule has 0 fully saturated rings. The number of ether oxygens (including phenoxy) is 5. The maximum atomic E-state index is 11.9. The molecule has 39 nitrogen and oxygen atoms in total. The van der Waals surface area contributed by atoms with Crippen molar-refractivity contribution in [2.75, 3.05) is 67.1 Å². The van der Waals surface area contributed by atoms with E-state index in [-0.39, 0.29) is 228 Å². The number of nitro groups is 5. The summed E-state index contributed by atoms with van der Waals surface area (Å²) in [6.45, 7) is 11.0. The summed E-state index contributed by atoms with van der Waals surface area (Å²) >= 11 is 4.98. The largest absolute Gasteiger partial charge is 0.507 e. The van der Waals surface area contributed by atoms with Gasteiger partial charge in [-0.1, -0.05) is 7.43 Å². The van der Waals surface area contributed by atoms with E-state index in [0.29, 0.717) is 12.3 Å². The SMILES string of the molecule is C.CCO.CCOC(=O)C1=C(O)c2cc([N+](=O)[O-])ccc2NC(=O)C1.CCOC(=O)CCC(=O)Cl.CCOC(=O)CCC(=O)Nc1ccc([N+](=O)[O-])cc1C(=O)OCC.CCOC(=O)c1cc([N+](=O)[O-])ccc1N.Cl.Nc1ccc([N+](=O)[O-])cc1C(=O)O.O=C1CCC(=O)c2cc([N+](=O)[O-])ccc2N1.[CH3-].[Pd]. The van der Waals surface area contributed by atoms with E-state index in [1.807, 2.05) is 0 Å². The Balaban J connectivity index is -0.000000591. The number of carbonyl (C=O) groups excluding carboxylic acids is 10. The van der Waals surface area contributed by atoms with Gasteiger partial charge in [-0.2, -0.15) is 0 Å². The molecule has 42 heteroatoms. The fraction of sp³-hybridized carbons (Fsp3) is 0.312. The van der Waals surface area contributed by atoms with Gasteiger partial charge in [0.1, 0.15) is 5.76 Å². The number of Topliss-reactive ketones (excluding diaryl/α,β-unsaturated/α-hetero) is 1. The molecule has 0 saturated heterocycles. The monoisotopic (exact) mass is 1630 g/mol. The Kier molecular flexibility index (Phi) is 49.3. The van der Waals surface area contributed by atoms with Crippen molar-refractivity contribution in [2.45, 2.75) is 93.9 Å². The number of aliphatic hydroxyl groups is 2. The van der Waals surface area contributed by atoms with Crippen molar-refractivity contribution in [2.24, 2.45) is 0 Å². The third-order valence-corrected chi connectivity index (χ3v) is 12.3. The van der Waals surface area contributed by atoms with Gasteiger partial charge >= 0.3 is 35.8 Å². The summed E-state index contributed by atoms with van der Waals surface area (Å²) < 4.78 is 23.6. The number of nitrogens with one attached hydrogen (secondary N) is 3. The van der Waals surface area contributed by atoms with Crippen LogP contribution < -0.4 is 27.4 Å². The first-order valence-corrected chi connectivity index (χ1v) is 30.1. The van der Waals surface area contributed by atoms with Gasteiger partial charge in [0.05, 0.1) is 116 Å². The van der Waals surface area contributed by atoms with E-state index in [1.54, 1.807) is 41.5 Å². The summed E-state index contributed by atoms with van der Waals surface area (Å²) in [5.74, 6) is -6.48. The van der Waals surface area contributed by atoms with E-state index in [0.717, 1.165) is 36.4 Å². The number of fused-ring (bicyclic) bond motifs is 2. The predicted octanol–water partition coefficient (Wildman–Crippen LogP) is 10.2. The fourth-order valence-electron chi connectivity index (χ4n) is 7.61. The van der Waals surface area contributed by atoms with Crippen LogP contribution in [0, 0.1) is 58.0 Å². The first kappa shape index (κ1) is 100. The Bertz CT molecular complexity index is 4010. The average molecular weight is 1630 g/mol. The van der Waals surface area contributed by atoms with E-state index in [4.69, 9.17) is 52.2 Å². The van der Waals surface area contributed by atoms with Crippen LogP contribution in [0.1, 0.15) is 141 Å². The molecular formula is C64H77Cl2N10O29Pd-. The van der Waals surface area contributed by atoms with Crippen molar-refractivity contribution < 1.29 is 137 Å². The summed E-state index contributed by atoms with van der Waals surface area (Å²) in [5, 5.41) is 86.2. The molecule has 0 bridgehead atoms. The molecule has 10 N–H and O–H groups in total. The zero-order chi connectivity index (χ0) is 77.5. The average Bonchev–Trinajstić information content (AvgIpc) is 1.61. The number of aliphatic hydroxyl groups excluding tert-OH is 2. The van der Waals surface area contributed by atoms with E-state index in [1.165, 1.54) is 54.6 Å². The van der Waals surface area contributed by atoms with Crippen molar-refractivity contribution in [3.8, 4) is 0 Å². The van der Waals surface area contributed by atoms with E-state index in [2.05, 4.69) is 20.7 Å². The predicted molar refractivity (Wildman–Crippen MR) is 379 cm³/mol. The Hall–Kier alpha value is -12.0. The topological polar surface area (TPSA) is 598 Å². The molecule has 582 valence electrons. The van der Waals surface area contributed by atoms with Crippen molar-refractivity contribution in [3.05, 3.63) is 182 Å². The van der Waals surface area contributed by atoms with Gasteiger partial charge in [0, 0.05) is 136 Å². The number of hydrogen-bond donors (Lipinski definition) is 8. The van der Waals surface area contributed by atoms with Gasteiger partial charge in [-0.05, 0) is 83.5 Å². The Morgan fingerprint density at radius 2 is 0.877 bits per heavy atom. The van der Waals surface area contributed by atoms with E-state index in [9.17, 15) is 108 Å². The number of nitrogen functional groups attached to an aromatic ring is 2. The van der Waals surface area contributed by atoms with Gasteiger partial charge in [0.15, 0.2) is 5.78 Å². The zero-order valence-electron chi connectivity index (χ0n) is 56.8. The smallest absolute Gasteiger partial charge is 0.340 e. The molecule has 0 saturated carbocycles. The van der Waals surface area contributed by atoms with Crippen LogP contribution in [0.3, 0.4) is 0 Å². The van der Waals surface area contributed by atoms with Crippen LogP contribution in [0.5, 0.6) is 0 Å². The number of carboxylic acid groups (broad SMARTS) is 1. The van der Waals surface area contributed by atoms with Gasteiger partial charge in [-0.25, -0.2) is 19.2 Å². The molecule has 2 aliphatic heterocycles. The number of carbonyl (C=O) groups is 11. The molecule has 5 aromatic carbocycles. The van der Waals surface area contributed by atoms with Gasteiger partial charge < -0.3 is 73.8 Å². The van der Waals surface area contributed by atoms with Crippen LogP contribution >= 0.6 is 24.0 Å².